The number of nitrogens with one attached hydrogen (secondary N) is 1. The molecule has 0 bridgehead atoms. The maximum absolute atomic E-state index is 11.8. The molecule has 1 aliphatic heterocycles. The van der Waals surface area contributed by atoms with Crippen LogP contribution < -0.4 is 5.32 Å². The number of nitrogens with zero attached hydrogens (tertiary/aromatic N) is 1. The Morgan fingerprint density at radius 1 is 1.40 bits per heavy atom. The highest BCUT2D eigenvalue weighted by atomic mass is 16.6. The summed E-state index contributed by atoms with van der Waals surface area (Å²) in [6.45, 7) is 9.84. The van der Waals surface area contributed by atoms with Crippen LogP contribution in [0.3, 0.4) is 0 Å². The quantitative estimate of drug-likeness (QED) is 0.806. The second-order valence-electron chi connectivity index (χ2n) is 6.71. The number of carboxylic acid groups (broad SMARTS) is 1. The van der Waals surface area contributed by atoms with Crippen molar-refractivity contribution in [3.8, 4) is 0 Å². The van der Waals surface area contributed by atoms with Crippen LogP contribution in [0.4, 0.5) is 4.79 Å². The lowest BCUT2D eigenvalue weighted by Gasteiger charge is -2.28. The summed E-state index contributed by atoms with van der Waals surface area (Å²) in [6, 6.07) is 0. The number of hydrogen-bond donors (Lipinski definition) is 2. The fourth-order valence-corrected chi connectivity index (χ4v) is 2.35. The third-order valence-corrected chi connectivity index (χ3v) is 3.22. The van der Waals surface area contributed by atoms with E-state index >= 15 is 0 Å². The maximum Gasteiger partial charge on any atom is 0.408 e. The van der Waals surface area contributed by atoms with Crippen LogP contribution in [0.5, 0.6) is 0 Å². The van der Waals surface area contributed by atoms with Crippen LogP contribution in [0.2, 0.25) is 0 Å². The van der Waals surface area contributed by atoms with Gasteiger partial charge in [0.15, 0.2) is 0 Å². The van der Waals surface area contributed by atoms with Crippen LogP contribution >= 0.6 is 0 Å². The Morgan fingerprint density at radius 2 is 2.05 bits per heavy atom. The molecule has 2 N–H and O–H groups in total. The summed E-state index contributed by atoms with van der Waals surface area (Å²) in [5, 5.41) is 11.5. The predicted octanol–water partition coefficient (Wildman–Crippen LogP) is 1.84. The Kier molecular flexibility index (Phi) is 5.39. The zero-order valence-electron chi connectivity index (χ0n) is 12.9. The van der Waals surface area contributed by atoms with Gasteiger partial charge >= 0.3 is 12.1 Å². The van der Waals surface area contributed by atoms with Gasteiger partial charge in [-0.1, -0.05) is 0 Å². The first-order valence-corrected chi connectivity index (χ1v) is 7.05. The average Bonchev–Trinajstić information content (AvgIpc) is 2.56. The molecule has 0 saturated carbocycles. The first-order valence-electron chi connectivity index (χ1n) is 7.05. The van der Waals surface area contributed by atoms with E-state index in [4.69, 9.17) is 9.84 Å². The van der Waals surface area contributed by atoms with Crippen LogP contribution in [-0.4, -0.2) is 52.8 Å². The molecule has 0 aromatic heterocycles. The van der Waals surface area contributed by atoms with Crippen molar-refractivity contribution < 1.29 is 19.4 Å². The summed E-state index contributed by atoms with van der Waals surface area (Å²) < 4.78 is 5.27. The van der Waals surface area contributed by atoms with E-state index in [1.807, 2.05) is 27.7 Å². The third-order valence-electron chi connectivity index (χ3n) is 3.22. The summed E-state index contributed by atoms with van der Waals surface area (Å²) >= 11 is 0. The number of hydrogen-bond acceptors (Lipinski definition) is 4. The molecule has 1 aliphatic rings. The second-order valence-corrected chi connectivity index (χ2v) is 6.71. The van der Waals surface area contributed by atoms with Crippen molar-refractivity contribution in [2.24, 2.45) is 0 Å². The van der Waals surface area contributed by atoms with Crippen LogP contribution in [-0.2, 0) is 9.53 Å². The number of ether oxygens (including phenoxy) is 1. The number of likely N-dealkylation sites (tertiary alicyclic amines) is 1. The average molecular weight is 286 g/mol. The number of carboxylic acids is 1. The standard InChI is InChI=1S/C14H26N2O4/c1-13(2,3)20-12(19)15-14(4)7-9-16(10-14)8-5-6-11(17)18/h5-10H2,1-4H3,(H,15,19)(H,17,18). The first-order chi connectivity index (χ1) is 9.10. The van der Waals surface area contributed by atoms with Gasteiger partial charge in [-0.3, -0.25) is 4.79 Å². The molecule has 0 spiro atoms. The molecule has 1 amide bonds. The minimum absolute atomic E-state index is 0.187. The Balaban J connectivity index is 2.36. The van der Waals surface area contributed by atoms with Gasteiger partial charge in [-0.2, -0.15) is 0 Å². The number of rotatable bonds is 5. The van der Waals surface area contributed by atoms with Crippen LogP contribution in [0.15, 0.2) is 0 Å². The van der Waals surface area contributed by atoms with E-state index in [0.29, 0.717) is 6.42 Å². The molecule has 6 nitrogen and oxygen atoms in total. The molecule has 116 valence electrons. The Hall–Kier alpha value is -1.30. The maximum atomic E-state index is 11.8. The van der Waals surface area contributed by atoms with Gasteiger partial charge in [0.1, 0.15) is 5.60 Å². The van der Waals surface area contributed by atoms with Gasteiger partial charge in [0.05, 0.1) is 5.54 Å². The Bertz CT molecular complexity index is 365. The normalized spacial score (nSPS) is 23.6. The predicted molar refractivity (Wildman–Crippen MR) is 75.7 cm³/mol. The molecule has 1 unspecified atom stereocenters. The molecule has 1 heterocycles. The molecular weight excluding hydrogens is 260 g/mol. The first kappa shape index (κ1) is 16.8. The lowest BCUT2D eigenvalue weighted by atomic mass is 10.0. The highest BCUT2D eigenvalue weighted by molar-refractivity contribution is 5.69. The second kappa shape index (κ2) is 6.43. The van der Waals surface area contributed by atoms with E-state index in [1.165, 1.54) is 0 Å². The summed E-state index contributed by atoms with van der Waals surface area (Å²) in [6.07, 6.45) is 1.27. The smallest absolute Gasteiger partial charge is 0.408 e. The molecule has 20 heavy (non-hydrogen) atoms. The highest BCUT2D eigenvalue weighted by Gasteiger charge is 2.35. The van der Waals surface area contributed by atoms with Gasteiger partial charge in [-0.15, -0.1) is 0 Å². The van der Waals surface area contributed by atoms with Gasteiger partial charge in [0.25, 0.3) is 0 Å². The molecule has 1 rings (SSSR count). The summed E-state index contributed by atoms with van der Waals surface area (Å²) in [5.74, 6) is -0.765. The number of amides is 1. The van der Waals surface area contributed by atoms with Crippen molar-refractivity contribution in [3.63, 3.8) is 0 Å². The number of carbonyl (C=O) groups is 2. The lowest BCUT2D eigenvalue weighted by molar-refractivity contribution is -0.137. The van der Waals surface area contributed by atoms with Crippen molar-refractivity contribution in [2.75, 3.05) is 19.6 Å². The molecule has 0 aromatic carbocycles. The largest absolute Gasteiger partial charge is 0.481 e. The summed E-state index contributed by atoms with van der Waals surface area (Å²) in [7, 11) is 0. The van der Waals surface area contributed by atoms with Gasteiger partial charge in [-0.25, -0.2) is 4.79 Å². The molecule has 0 aromatic rings. The van der Waals surface area contributed by atoms with Crippen molar-refractivity contribution >= 4 is 12.1 Å². The molecule has 1 saturated heterocycles. The van der Waals surface area contributed by atoms with E-state index in [2.05, 4.69) is 10.2 Å². The van der Waals surface area contributed by atoms with Crippen molar-refractivity contribution in [1.29, 1.82) is 0 Å². The highest BCUT2D eigenvalue weighted by Crippen LogP contribution is 2.21. The van der Waals surface area contributed by atoms with Gasteiger partial charge in [0, 0.05) is 19.5 Å². The number of aliphatic carboxylic acids is 1. The zero-order valence-corrected chi connectivity index (χ0v) is 12.9. The molecule has 0 aliphatic carbocycles. The Labute approximate surface area is 120 Å². The molecule has 0 radical (unpaired) electrons. The molecule has 1 fully saturated rings. The number of alkyl carbamates (subject to hydrolysis) is 1. The Morgan fingerprint density at radius 3 is 2.60 bits per heavy atom. The number of carbonyl (C=O) groups excluding carboxylic acids is 1. The topological polar surface area (TPSA) is 78.9 Å². The third kappa shape index (κ3) is 6.23. The van der Waals surface area contributed by atoms with Gasteiger partial charge < -0.3 is 20.1 Å². The van der Waals surface area contributed by atoms with Crippen LogP contribution in [0, 0.1) is 0 Å². The summed E-state index contributed by atoms with van der Waals surface area (Å²) in [5.41, 5.74) is -0.800. The molecule has 6 heteroatoms. The fraction of sp³-hybridized carbons (Fsp3) is 0.857. The van der Waals surface area contributed by atoms with E-state index in [9.17, 15) is 9.59 Å². The van der Waals surface area contributed by atoms with E-state index < -0.39 is 17.7 Å². The fourth-order valence-electron chi connectivity index (χ4n) is 2.35. The van der Waals surface area contributed by atoms with Crippen molar-refractivity contribution in [1.82, 2.24) is 10.2 Å². The van der Waals surface area contributed by atoms with Crippen molar-refractivity contribution in [3.05, 3.63) is 0 Å². The van der Waals surface area contributed by atoms with Crippen molar-refractivity contribution in [2.45, 2.75) is 58.1 Å². The zero-order chi connectivity index (χ0) is 15.4. The van der Waals surface area contributed by atoms with Gasteiger partial charge in [-0.05, 0) is 47.1 Å². The van der Waals surface area contributed by atoms with Crippen LogP contribution in [0.25, 0.3) is 0 Å². The SMILES string of the molecule is CC1(NC(=O)OC(C)(C)C)CCN(CCCC(=O)O)C1. The minimum Gasteiger partial charge on any atom is -0.481 e. The molecule has 1 atom stereocenters. The van der Waals surface area contributed by atoms with E-state index in [1.54, 1.807) is 0 Å². The van der Waals surface area contributed by atoms with Crippen LogP contribution in [0.1, 0.15) is 47.0 Å². The van der Waals surface area contributed by atoms with E-state index in [0.717, 1.165) is 26.1 Å². The van der Waals surface area contributed by atoms with Gasteiger partial charge in [0.2, 0.25) is 0 Å². The monoisotopic (exact) mass is 286 g/mol. The lowest BCUT2D eigenvalue weighted by Crippen LogP contribution is -2.49. The summed E-state index contributed by atoms with van der Waals surface area (Å²) in [4.78, 5) is 24.5. The van der Waals surface area contributed by atoms with E-state index in [-0.39, 0.29) is 12.0 Å². The minimum atomic E-state index is -0.765. The molecular formula is C14H26N2O4.